The van der Waals surface area contributed by atoms with Gasteiger partial charge < -0.3 is 15.5 Å². The van der Waals surface area contributed by atoms with E-state index in [2.05, 4.69) is 27.4 Å². The summed E-state index contributed by atoms with van der Waals surface area (Å²) >= 11 is 5.94. The van der Waals surface area contributed by atoms with E-state index in [4.69, 9.17) is 11.6 Å². The fourth-order valence-corrected chi connectivity index (χ4v) is 1.88. The molecule has 0 aliphatic heterocycles. The summed E-state index contributed by atoms with van der Waals surface area (Å²) in [4.78, 5) is 18.3. The maximum Gasteiger partial charge on any atom is 0.251 e. The molecule has 1 aromatic rings. The Morgan fingerprint density at radius 2 is 2.10 bits per heavy atom. The van der Waals surface area contributed by atoms with E-state index in [1.165, 1.54) is 0 Å². The van der Waals surface area contributed by atoms with Crippen LogP contribution in [0.1, 0.15) is 30.1 Å². The predicted molar refractivity (Wildman–Crippen MR) is 83.5 cm³/mol. The van der Waals surface area contributed by atoms with Crippen molar-refractivity contribution in [2.45, 2.75) is 19.8 Å². The van der Waals surface area contributed by atoms with Crippen molar-refractivity contribution in [1.82, 2.24) is 15.2 Å². The second kappa shape index (κ2) is 8.76. The third kappa shape index (κ3) is 6.21. The van der Waals surface area contributed by atoms with Crippen LogP contribution in [0.15, 0.2) is 12.1 Å². The van der Waals surface area contributed by atoms with Crippen molar-refractivity contribution in [3.05, 3.63) is 22.8 Å². The van der Waals surface area contributed by atoms with E-state index < -0.39 is 0 Å². The van der Waals surface area contributed by atoms with Crippen molar-refractivity contribution in [2.75, 3.05) is 39.0 Å². The molecule has 1 amide bonds. The first kappa shape index (κ1) is 16.7. The van der Waals surface area contributed by atoms with Gasteiger partial charge in [0.15, 0.2) is 0 Å². The van der Waals surface area contributed by atoms with Gasteiger partial charge in [-0.1, -0.05) is 18.5 Å². The number of halogens is 1. The molecule has 0 aliphatic carbocycles. The zero-order valence-corrected chi connectivity index (χ0v) is 13.1. The van der Waals surface area contributed by atoms with Crippen LogP contribution >= 0.6 is 11.6 Å². The minimum Gasteiger partial charge on any atom is -0.370 e. The Morgan fingerprint density at radius 3 is 2.75 bits per heavy atom. The van der Waals surface area contributed by atoms with Gasteiger partial charge in [-0.15, -0.1) is 0 Å². The molecule has 0 aromatic carbocycles. The summed E-state index contributed by atoms with van der Waals surface area (Å²) in [5.74, 6) is 0.519. The first-order chi connectivity index (χ1) is 9.52. The van der Waals surface area contributed by atoms with Gasteiger partial charge in [-0.25, -0.2) is 4.98 Å². The van der Waals surface area contributed by atoms with Gasteiger partial charge in [-0.3, -0.25) is 4.79 Å². The highest BCUT2D eigenvalue weighted by atomic mass is 35.5. The van der Waals surface area contributed by atoms with Crippen LogP contribution in [-0.4, -0.2) is 49.5 Å². The number of aromatic nitrogens is 1. The smallest absolute Gasteiger partial charge is 0.251 e. The van der Waals surface area contributed by atoms with Crippen LogP contribution in [0.2, 0.25) is 5.15 Å². The lowest BCUT2D eigenvalue weighted by Crippen LogP contribution is -2.27. The predicted octanol–water partition coefficient (Wildman–Crippen LogP) is 2.24. The van der Waals surface area contributed by atoms with Gasteiger partial charge in [-0.2, -0.15) is 0 Å². The molecule has 0 radical (unpaired) electrons. The average molecular weight is 299 g/mol. The van der Waals surface area contributed by atoms with Crippen LogP contribution in [0.5, 0.6) is 0 Å². The summed E-state index contributed by atoms with van der Waals surface area (Å²) in [6.45, 7) is 4.46. The Labute approximate surface area is 125 Å². The lowest BCUT2D eigenvalue weighted by molar-refractivity contribution is 0.0952. The maximum absolute atomic E-state index is 12.0. The maximum atomic E-state index is 12.0. The molecule has 112 valence electrons. The van der Waals surface area contributed by atoms with Crippen molar-refractivity contribution < 1.29 is 4.79 Å². The largest absolute Gasteiger partial charge is 0.370 e. The molecule has 1 heterocycles. The van der Waals surface area contributed by atoms with E-state index in [1.807, 2.05) is 14.1 Å². The molecule has 0 bridgehead atoms. The lowest BCUT2D eigenvalue weighted by atomic mass is 10.2. The molecule has 20 heavy (non-hydrogen) atoms. The zero-order valence-electron chi connectivity index (χ0n) is 12.4. The summed E-state index contributed by atoms with van der Waals surface area (Å²) in [5, 5.41) is 6.34. The van der Waals surface area contributed by atoms with Gasteiger partial charge in [-0.05, 0) is 45.6 Å². The van der Waals surface area contributed by atoms with Crippen LogP contribution in [-0.2, 0) is 0 Å². The molecule has 1 aromatic heterocycles. The van der Waals surface area contributed by atoms with E-state index >= 15 is 0 Å². The fourth-order valence-electron chi connectivity index (χ4n) is 1.67. The summed E-state index contributed by atoms with van der Waals surface area (Å²) in [7, 11) is 4.02. The molecule has 1 rings (SSSR count). The molecule has 0 aliphatic rings. The number of hydrogen-bond donors (Lipinski definition) is 2. The van der Waals surface area contributed by atoms with Crippen LogP contribution in [0.4, 0.5) is 5.82 Å². The summed E-state index contributed by atoms with van der Waals surface area (Å²) in [5.41, 5.74) is 0.536. The number of anilines is 1. The van der Waals surface area contributed by atoms with Crippen molar-refractivity contribution in [3.63, 3.8) is 0 Å². The van der Waals surface area contributed by atoms with Crippen LogP contribution in [0, 0.1) is 0 Å². The van der Waals surface area contributed by atoms with Gasteiger partial charge in [0.1, 0.15) is 11.0 Å². The second-order valence-electron chi connectivity index (χ2n) is 4.90. The molecule has 0 unspecified atom stereocenters. The normalized spacial score (nSPS) is 10.7. The standard InChI is InChI=1S/C14H23ClN4O/c1-4-6-16-13-10-11(9-12(15)18-13)14(20)17-7-5-8-19(2)3/h9-10H,4-8H2,1-3H3,(H,16,18)(H,17,20). The minimum atomic E-state index is -0.118. The Bertz CT molecular complexity index is 437. The summed E-state index contributed by atoms with van der Waals surface area (Å²) in [6, 6.07) is 3.31. The number of carbonyl (C=O) groups is 1. The van der Waals surface area contributed by atoms with Gasteiger partial charge in [0.05, 0.1) is 0 Å². The molecule has 0 saturated heterocycles. The van der Waals surface area contributed by atoms with Crippen molar-refractivity contribution >= 4 is 23.3 Å². The number of nitrogens with zero attached hydrogens (tertiary/aromatic N) is 2. The average Bonchev–Trinajstić information content (AvgIpc) is 2.40. The first-order valence-corrected chi connectivity index (χ1v) is 7.25. The molecular weight excluding hydrogens is 276 g/mol. The van der Waals surface area contributed by atoms with Crippen LogP contribution < -0.4 is 10.6 Å². The van der Waals surface area contributed by atoms with E-state index in [-0.39, 0.29) is 5.91 Å². The highest BCUT2D eigenvalue weighted by Crippen LogP contribution is 2.14. The molecule has 0 fully saturated rings. The van der Waals surface area contributed by atoms with E-state index in [1.54, 1.807) is 12.1 Å². The molecule has 0 spiro atoms. The Hall–Kier alpha value is -1.33. The highest BCUT2D eigenvalue weighted by Gasteiger charge is 2.08. The van der Waals surface area contributed by atoms with Crippen LogP contribution in [0.25, 0.3) is 0 Å². The van der Waals surface area contributed by atoms with Crippen molar-refractivity contribution in [1.29, 1.82) is 0 Å². The summed E-state index contributed by atoms with van der Waals surface area (Å²) < 4.78 is 0. The first-order valence-electron chi connectivity index (χ1n) is 6.87. The topological polar surface area (TPSA) is 57.3 Å². The molecule has 0 saturated carbocycles. The SMILES string of the molecule is CCCNc1cc(C(=O)NCCCN(C)C)cc(Cl)n1. The number of amides is 1. The number of carbonyl (C=O) groups excluding carboxylic acids is 1. The Kier molecular flexibility index (Phi) is 7.33. The van der Waals surface area contributed by atoms with Gasteiger partial charge in [0.2, 0.25) is 0 Å². The number of pyridine rings is 1. The Balaban J connectivity index is 2.56. The molecule has 5 nitrogen and oxygen atoms in total. The third-order valence-electron chi connectivity index (χ3n) is 2.68. The lowest BCUT2D eigenvalue weighted by Gasteiger charge is -2.11. The zero-order chi connectivity index (χ0) is 15.0. The quantitative estimate of drug-likeness (QED) is 0.571. The summed E-state index contributed by atoms with van der Waals surface area (Å²) in [6.07, 6.45) is 1.90. The second-order valence-corrected chi connectivity index (χ2v) is 5.29. The Morgan fingerprint density at radius 1 is 1.35 bits per heavy atom. The van der Waals surface area contributed by atoms with Crippen molar-refractivity contribution in [2.24, 2.45) is 0 Å². The van der Waals surface area contributed by atoms with Crippen LogP contribution in [0.3, 0.4) is 0 Å². The molecule has 0 atom stereocenters. The number of nitrogens with one attached hydrogen (secondary N) is 2. The third-order valence-corrected chi connectivity index (χ3v) is 2.87. The van der Waals surface area contributed by atoms with E-state index in [0.717, 1.165) is 25.9 Å². The molecule has 2 N–H and O–H groups in total. The van der Waals surface area contributed by atoms with Gasteiger partial charge in [0, 0.05) is 18.7 Å². The number of rotatable bonds is 8. The van der Waals surface area contributed by atoms with Crippen molar-refractivity contribution in [3.8, 4) is 0 Å². The van der Waals surface area contributed by atoms with Gasteiger partial charge >= 0.3 is 0 Å². The number of hydrogen-bond acceptors (Lipinski definition) is 4. The molecule has 6 heteroatoms. The monoisotopic (exact) mass is 298 g/mol. The minimum absolute atomic E-state index is 0.118. The fraction of sp³-hybridized carbons (Fsp3) is 0.571. The van der Waals surface area contributed by atoms with Gasteiger partial charge in [0.25, 0.3) is 5.91 Å². The van der Waals surface area contributed by atoms with E-state index in [9.17, 15) is 4.79 Å². The highest BCUT2D eigenvalue weighted by molar-refractivity contribution is 6.29. The van der Waals surface area contributed by atoms with E-state index in [0.29, 0.717) is 23.1 Å². The molecular formula is C14H23ClN4O.